The first kappa shape index (κ1) is 28.1. The summed E-state index contributed by atoms with van der Waals surface area (Å²) in [6.45, 7) is 7.55. The van der Waals surface area contributed by atoms with Crippen molar-refractivity contribution >= 4 is 17.7 Å². The first-order valence-corrected chi connectivity index (χ1v) is 11.0. The van der Waals surface area contributed by atoms with Gasteiger partial charge in [0.25, 0.3) is 0 Å². The molecule has 2 heterocycles. The third-order valence-corrected chi connectivity index (χ3v) is 4.97. The maximum atomic E-state index is 11.9. The molecular weight excluding hydrogens is 467 g/mol. The molecule has 3 N–H and O–H groups in total. The van der Waals surface area contributed by atoms with E-state index >= 15 is 0 Å². The van der Waals surface area contributed by atoms with Crippen LogP contribution >= 0.6 is 0 Å². The van der Waals surface area contributed by atoms with Crippen LogP contribution in [-0.2, 0) is 16.1 Å². The highest BCUT2D eigenvalue weighted by atomic mass is 19.4. The first-order valence-electron chi connectivity index (χ1n) is 11.0. The summed E-state index contributed by atoms with van der Waals surface area (Å²) in [5.41, 5.74) is 3.13. The summed E-state index contributed by atoms with van der Waals surface area (Å²) >= 11 is 0. The quantitative estimate of drug-likeness (QED) is 0.550. The number of nitrogens with zero attached hydrogens (tertiary/aromatic N) is 2. The van der Waals surface area contributed by atoms with Crippen molar-refractivity contribution in [2.45, 2.75) is 58.0 Å². The Morgan fingerprint density at radius 2 is 1.89 bits per heavy atom. The number of aliphatic hydroxyl groups is 1. The minimum atomic E-state index is -5.08. The van der Waals surface area contributed by atoms with Crippen molar-refractivity contribution < 1.29 is 37.7 Å². The van der Waals surface area contributed by atoms with E-state index in [1.165, 1.54) is 5.56 Å². The summed E-state index contributed by atoms with van der Waals surface area (Å²) in [5.74, 6) is -2.76. The van der Waals surface area contributed by atoms with Crippen LogP contribution in [0.3, 0.4) is 0 Å². The first-order chi connectivity index (χ1) is 16.3. The van der Waals surface area contributed by atoms with Crippen LogP contribution in [-0.4, -0.2) is 63.1 Å². The Labute approximate surface area is 201 Å². The molecule has 8 nitrogen and oxygen atoms in total. The van der Waals surface area contributed by atoms with E-state index in [-0.39, 0.29) is 12.6 Å². The van der Waals surface area contributed by atoms with Crippen molar-refractivity contribution in [3.8, 4) is 11.3 Å². The van der Waals surface area contributed by atoms with Crippen LogP contribution in [0.2, 0.25) is 0 Å². The second kappa shape index (κ2) is 12.0. The van der Waals surface area contributed by atoms with Crippen LogP contribution in [0.25, 0.3) is 11.3 Å². The fraction of sp³-hybridized carbons (Fsp3) is 0.458. The molecule has 35 heavy (non-hydrogen) atoms. The lowest BCUT2D eigenvalue weighted by Gasteiger charge is -2.22. The molecule has 3 rings (SSSR count). The monoisotopic (exact) mass is 497 g/mol. The van der Waals surface area contributed by atoms with Crippen molar-refractivity contribution in [2.24, 2.45) is 0 Å². The van der Waals surface area contributed by atoms with Gasteiger partial charge in [0.05, 0.1) is 24.2 Å². The summed E-state index contributed by atoms with van der Waals surface area (Å²) in [7, 11) is 0. The zero-order valence-electron chi connectivity index (χ0n) is 19.8. The molecule has 0 unspecified atom stereocenters. The van der Waals surface area contributed by atoms with Gasteiger partial charge >= 0.3 is 18.2 Å². The fourth-order valence-electron chi connectivity index (χ4n) is 3.43. The van der Waals surface area contributed by atoms with Crippen molar-refractivity contribution in [1.29, 1.82) is 0 Å². The molecule has 2 aromatic rings. The normalized spacial score (nSPS) is 16.3. The number of halogens is 3. The third kappa shape index (κ3) is 9.53. The molecule has 0 spiro atoms. The van der Waals surface area contributed by atoms with Gasteiger partial charge in [-0.15, -0.1) is 0 Å². The van der Waals surface area contributed by atoms with Gasteiger partial charge in [-0.2, -0.15) is 13.2 Å². The summed E-state index contributed by atoms with van der Waals surface area (Å²) in [5, 5.41) is 19.3. The van der Waals surface area contributed by atoms with E-state index in [1.807, 2.05) is 45.0 Å². The van der Waals surface area contributed by atoms with Gasteiger partial charge in [-0.05, 0) is 63.9 Å². The number of carbonyl (C=O) groups is 2. The smallest absolute Gasteiger partial charge is 0.475 e. The molecule has 0 bridgehead atoms. The van der Waals surface area contributed by atoms with E-state index in [0.29, 0.717) is 5.69 Å². The Balaban J connectivity index is 0.000000540. The Morgan fingerprint density at radius 3 is 2.43 bits per heavy atom. The van der Waals surface area contributed by atoms with Gasteiger partial charge in [-0.1, -0.05) is 18.2 Å². The number of likely N-dealkylation sites (tertiary alicyclic amines) is 1. The van der Waals surface area contributed by atoms with Crippen molar-refractivity contribution in [3.05, 3.63) is 48.2 Å². The number of pyridine rings is 1. The summed E-state index contributed by atoms with van der Waals surface area (Å²) in [4.78, 5) is 27.6. The van der Waals surface area contributed by atoms with Crippen LogP contribution in [0, 0.1) is 0 Å². The van der Waals surface area contributed by atoms with Gasteiger partial charge in [0.1, 0.15) is 5.60 Å². The Morgan fingerprint density at radius 1 is 1.20 bits per heavy atom. The lowest BCUT2D eigenvalue weighted by atomic mass is 10.1. The number of amides is 1. The molecule has 1 aromatic heterocycles. The van der Waals surface area contributed by atoms with Crippen LogP contribution in [0.15, 0.2) is 42.6 Å². The number of hydrogen-bond donors (Lipinski definition) is 3. The highest BCUT2D eigenvalue weighted by molar-refractivity contribution is 5.84. The molecule has 0 radical (unpaired) electrons. The van der Waals surface area contributed by atoms with Crippen molar-refractivity contribution in [2.75, 3.05) is 18.5 Å². The molecule has 192 valence electrons. The van der Waals surface area contributed by atoms with E-state index in [1.54, 1.807) is 6.20 Å². The van der Waals surface area contributed by atoms with Gasteiger partial charge in [0, 0.05) is 18.2 Å². The number of carbonyl (C=O) groups excluding carboxylic acids is 1. The number of aromatic nitrogens is 1. The lowest BCUT2D eigenvalue weighted by Crippen LogP contribution is -2.31. The molecule has 1 atom stereocenters. The Kier molecular flexibility index (Phi) is 9.61. The Hall–Kier alpha value is -3.18. The number of carboxylic acid groups (broad SMARTS) is 1. The average Bonchev–Trinajstić information content (AvgIpc) is 3.20. The van der Waals surface area contributed by atoms with Gasteiger partial charge in [-0.25, -0.2) is 9.59 Å². The maximum Gasteiger partial charge on any atom is 0.490 e. The van der Waals surface area contributed by atoms with Gasteiger partial charge < -0.3 is 14.9 Å². The number of anilines is 1. The number of nitrogens with one attached hydrogen (secondary N) is 1. The van der Waals surface area contributed by atoms with Gasteiger partial charge in [-0.3, -0.25) is 15.2 Å². The number of alkyl halides is 3. The molecule has 1 saturated heterocycles. The number of carboxylic acids is 1. The summed E-state index contributed by atoms with van der Waals surface area (Å²) in [6.07, 6.45) is -1.75. The van der Waals surface area contributed by atoms with Crippen molar-refractivity contribution in [3.63, 3.8) is 0 Å². The summed E-state index contributed by atoms with van der Waals surface area (Å²) in [6, 6.07) is 12.3. The lowest BCUT2D eigenvalue weighted by molar-refractivity contribution is -0.192. The molecule has 1 aromatic carbocycles. The van der Waals surface area contributed by atoms with E-state index in [0.717, 1.165) is 37.2 Å². The predicted molar refractivity (Wildman–Crippen MR) is 124 cm³/mol. The fourth-order valence-corrected chi connectivity index (χ4v) is 3.43. The number of aliphatic carboxylic acids is 1. The molecule has 0 saturated carbocycles. The topological polar surface area (TPSA) is 112 Å². The third-order valence-electron chi connectivity index (χ3n) is 4.97. The van der Waals surface area contributed by atoms with Crippen LogP contribution in [0.5, 0.6) is 0 Å². The molecule has 1 fully saturated rings. The number of ether oxygens (including phenoxy) is 1. The van der Waals surface area contributed by atoms with E-state index in [9.17, 15) is 23.1 Å². The average molecular weight is 498 g/mol. The SMILES string of the molecule is CC(C)(C)OC(=O)Nc1ccc(-c2cccc(CN3CCC[C@H]3CO)c2)nc1.O=C(O)C(F)(F)F. The minimum Gasteiger partial charge on any atom is -0.475 e. The summed E-state index contributed by atoms with van der Waals surface area (Å²) < 4.78 is 37.0. The van der Waals surface area contributed by atoms with E-state index in [2.05, 4.69) is 27.3 Å². The van der Waals surface area contributed by atoms with Crippen molar-refractivity contribution in [1.82, 2.24) is 9.88 Å². The molecule has 1 amide bonds. The second-order valence-electron chi connectivity index (χ2n) is 9.01. The minimum absolute atomic E-state index is 0.216. The molecule has 11 heteroatoms. The number of aliphatic hydroxyl groups excluding tert-OH is 1. The number of benzene rings is 1. The van der Waals surface area contributed by atoms with Gasteiger partial charge in [0.15, 0.2) is 0 Å². The largest absolute Gasteiger partial charge is 0.490 e. The highest BCUT2D eigenvalue weighted by Crippen LogP contribution is 2.24. The van der Waals surface area contributed by atoms with Crippen LogP contribution in [0.4, 0.5) is 23.7 Å². The molecule has 0 aliphatic carbocycles. The van der Waals surface area contributed by atoms with Crippen LogP contribution in [0.1, 0.15) is 39.2 Å². The highest BCUT2D eigenvalue weighted by Gasteiger charge is 2.38. The zero-order valence-corrected chi connectivity index (χ0v) is 19.8. The number of rotatable bonds is 5. The Bertz CT molecular complexity index is 991. The van der Waals surface area contributed by atoms with Gasteiger partial charge in [0.2, 0.25) is 0 Å². The molecular formula is C24H30F3N3O5. The predicted octanol–water partition coefficient (Wildman–Crippen LogP) is 4.69. The van der Waals surface area contributed by atoms with E-state index < -0.39 is 23.8 Å². The second-order valence-corrected chi connectivity index (χ2v) is 9.01. The zero-order chi connectivity index (χ0) is 26.2. The number of hydrogen-bond acceptors (Lipinski definition) is 6. The van der Waals surface area contributed by atoms with Crippen LogP contribution < -0.4 is 5.32 Å². The molecule has 1 aliphatic heterocycles. The van der Waals surface area contributed by atoms with E-state index in [4.69, 9.17) is 14.6 Å². The standard InChI is InChI=1S/C22H29N3O3.C2HF3O2/c1-22(2,3)28-21(27)24-18-9-10-20(23-13-18)17-7-4-6-16(12-17)14-25-11-5-8-19(25)15-26;3-2(4,5)1(6)7/h4,6-7,9-10,12-13,19,26H,5,8,11,14-15H2,1-3H3,(H,24,27);(H,6,7)/t19-;/m0./s1. The maximum absolute atomic E-state index is 11.9. The molecule has 1 aliphatic rings.